The lowest BCUT2D eigenvalue weighted by atomic mass is 10.4. The first-order chi connectivity index (χ1) is 8.81. The summed E-state index contributed by atoms with van der Waals surface area (Å²) < 4.78 is 24.9. The Bertz CT molecular complexity index is 527. The molecule has 1 rings (SSSR count). The van der Waals surface area contributed by atoms with Crippen LogP contribution in [0.5, 0.6) is 0 Å². The van der Waals surface area contributed by atoms with E-state index in [1.54, 1.807) is 36.2 Å². The van der Waals surface area contributed by atoms with Crippen LogP contribution in [-0.2, 0) is 14.6 Å². The summed E-state index contributed by atoms with van der Waals surface area (Å²) in [6.07, 6.45) is 0.00876. The summed E-state index contributed by atoms with van der Waals surface area (Å²) in [6.45, 7) is 0.650. The first-order valence-corrected chi connectivity index (χ1v) is 8.14. The molecule has 0 aliphatic heterocycles. The fraction of sp³-hybridized carbons (Fsp3) is 0.417. The lowest BCUT2D eigenvalue weighted by Gasteiger charge is -2.15. The normalized spacial score (nSPS) is 11.7. The summed E-state index contributed by atoms with van der Waals surface area (Å²) >= 11 is 3.25. The Morgan fingerprint density at radius 1 is 1.26 bits per heavy atom. The zero-order chi connectivity index (χ0) is 14.5. The first kappa shape index (κ1) is 16.1. The maximum atomic E-state index is 12.0. The molecule has 106 valence electrons. The van der Waals surface area contributed by atoms with Gasteiger partial charge in [0, 0.05) is 17.6 Å². The standard InChI is InChI=1S/C12H16BrNO4S/c1-14(7-6-12(15)16)8-9-19(17,18)11-4-2-10(13)3-5-11/h2-5H,6-9H2,1H3,(H,15,16). The zero-order valence-corrected chi connectivity index (χ0v) is 12.9. The quantitative estimate of drug-likeness (QED) is 0.809. The van der Waals surface area contributed by atoms with Gasteiger partial charge in [-0.15, -0.1) is 0 Å². The topological polar surface area (TPSA) is 74.7 Å². The summed E-state index contributed by atoms with van der Waals surface area (Å²) in [4.78, 5) is 12.4. The third-order valence-corrected chi connectivity index (χ3v) is 4.86. The number of sulfone groups is 1. The van der Waals surface area contributed by atoms with Gasteiger partial charge in [0.05, 0.1) is 17.1 Å². The number of carboxylic acids is 1. The summed E-state index contributed by atoms with van der Waals surface area (Å²) in [7, 11) is -1.61. The van der Waals surface area contributed by atoms with Crippen LogP contribution >= 0.6 is 15.9 Å². The summed E-state index contributed by atoms with van der Waals surface area (Å²) in [5.41, 5.74) is 0. The molecular formula is C12H16BrNO4S. The highest BCUT2D eigenvalue weighted by Crippen LogP contribution is 2.15. The number of nitrogens with zero attached hydrogens (tertiary/aromatic N) is 1. The lowest BCUT2D eigenvalue weighted by molar-refractivity contribution is -0.137. The minimum Gasteiger partial charge on any atom is -0.481 e. The number of halogens is 1. The third-order valence-electron chi connectivity index (χ3n) is 2.62. The number of rotatable bonds is 7. The minimum absolute atomic E-state index is 0.00876. The molecule has 5 nitrogen and oxygen atoms in total. The van der Waals surface area contributed by atoms with Crippen molar-refractivity contribution in [1.82, 2.24) is 4.90 Å². The van der Waals surface area contributed by atoms with Gasteiger partial charge in [-0.05, 0) is 31.3 Å². The smallest absolute Gasteiger partial charge is 0.304 e. The van der Waals surface area contributed by atoms with E-state index < -0.39 is 15.8 Å². The van der Waals surface area contributed by atoms with Crippen molar-refractivity contribution in [3.63, 3.8) is 0 Å². The average Bonchev–Trinajstić information content (AvgIpc) is 2.34. The molecule has 0 heterocycles. The molecule has 0 spiro atoms. The maximum absolute atomic E-state index is 12.0. The van der Waals surface area contributed by atoms with Crippen LogP contribution < -0.4 is 0 Å². The summed E-state index contributed by atoms with van der Waals surface area (Å²) in [6, 6.07) is 6.47. The Morgan fingerprint density at radius 2 is 1.84 bits per heavy atom. The second-order valence-corrected chi connectivity index (χ2v) is 7.24. The molecule has 7 heteroatoms. The van der Waals surface area contributed by atoms with Gasteiger partial charge < -0.3 is 10.0 Å². The average molecular weight is 350 g/mol. The van der Waals surface area contributed by atoms with Crippen LogP contribution in [0.4, 0.5) is 0 Å². The van der Waals surface area contributed by atoms with E-state index in [2.05, 4.69) is 15.9 Å². The second-order valence-electron chi connectivity index (χ2n) is 4.22. The van der Waals surface area contributed by atoms with E-state index in [1.165, 1.54) is 0 Å². The van der Waals surface area contributed by atoms with E-state index >= 15 is 0 Å². The van der Waals surface area contributed by atoms with Gasteiger partial charge in [-0.1, -0.05) is 15.9 Å². The number of hydrogen-bond acceptors (Lipinski definition) is 4. The van der Waals surface area contributed by atoms with E-state index in [0.29, 0.717) is 13.1 Å². The van der Waals surface area contributed by atoms with Crippen LogP contribution in [0.2, 0.25) is 0 Å². The number of carboxylic acid groups (broad SMARTS) is 1. The fourth-order valence-electron chi connectivity index (χ4n) is 1.43. The van der Waals surface area contributed by atoms with Crippen molar-refractivity contribution in [3.8, 4) is 0 Å². The third kappa shape index (κ3) is 5.71. The molecule has 0 aliphatic rings. The van der Waals surface area contributed by atoms with Crippen molar-refractivity contribution in [3.05, 3.63) is 28.7 Å². The SMILES string of the molecule is CN(CCC(=O)O)CCS(=O)(=O)c1ccc(Br)cc1. The molecule has 1 aromatic carbocycles. The molecular weight excluding hydrogens is 334 g/mol. The molecule has 0 bridgehead atoms. The van der Waals surface area contributed by atoms with Gasteiger partial charge in [0.25, 0.3) is 0 Å². The molecule has 0 aromatic heterocycles. The molecule has 0 radical (unpaired) electrons. The Hall–Kier alpha value is -0.920. The number of hydrogen-bond donors (Lipinski definition) is 1. The molecule has 1 N–H and O–H groups in total. The van der Waals surface area contributed by atoms with Gasteiger partial charge in [-0.25, -0.2) is 8.42 Å². The monoisotopic (exact) mass is 349 g/mol. The van der Waals surface area contributed by atoms with Gasteiger partial charge in [-0.2, -0.15) is 0 Å². The highest BCUT2D eigenvalue weighted by molar-refractivity contribution is 9.10. The highest BCUT2D eigenvalue weighted by Gasteiger charge is 2.15. The van der Waals surface area contributed by atoms with Gasteiger partial charge in [-0.3, -0.25) is 4.79 Å². The van der Waals surface area contributed by atoms with Crippen molar-refractivity contribution >= 4 is 31.7 Å². The molecule has 0 unspecified atom stereocenters. The molecule has 1 aromatic rings. The Balaban J connectivity index is 2.56. The predicted molar refractivity (Wildman–Crippen MR) is 75.9 cm³/mol. The Morgan fingerprint density at radius 3 is 2.37 bits per heavy atom. The largest absolute Gasteiger partial charge is 0.481 e. The molecule has 0 aliphatic carbocycles. The van der Waals surface area contributed by atoms with Gasteiger partial charge in [0.1, 0.15) is 0 Å². The Kier molecular flexibility index (Phi) is 5.96. The van der Waals surface area contributed by atoms with Crippen LogP contribution in [0.15, 0.2) is 33.6 Å². The Labute approximate surface area is 121 Å². The van der Waals surface area contributed by atoms with Gasteiger partial charge in [0.15, 0.2) is 9.84 Å². The van der Waals surface area contributed by atoms with Crippen LogP contribution in [0, 0.1) is 0 Å². The number of benzene rings is 1. The lowest BCUT2D eigenvalue weighted by Crippen LogP contribution is -2.27. The van der Waals surface area contributed by atoms with Crippen LogP contribution in [0.3, 0.4) is 0 Å². The van der Waals surface area contributed by atoms with Crippen molar-refractivity contribution < 1.29 is 18.3 Å². The van der Waals surface area contributed by atoms with Crippen molar-refractivity contribution in [1.29, 1.82) is 0 Å². The van der Waals surface area contributed by atoms with Gasteiger partial charge in [0.2, 0.25) is 0 Å². The predicted octanol–water partition coefficient (Wildman–Crippen LogP) is 1.63. The molecule has 0 amide bonds. The van der Waals surface area contributed by atoms with Crippen LogP contribution in [-0.4, -0.2) is 50.3 Å². The molecule has 0 fully saturated rings. The summed E-state index contributed by atoms with van der Waals surface area (Å²) in [5.74, 6) is -0.910. The molecule has 0 atom stereocenters. The van der Waals surface area contributed by atoms with Gasteiger partial charge >= 0.3 is 5.97 Å². The summed E-state index contributed by atoms with van der Waals surface area (Å²) in [5, 5.41) is 8.55. The van der Waals surface area contributed by atoms with Crippen LogP contribution in [0.25, 0.3) is 0 Å². The maximum Gasteiger partial charge on any atom is 0.304 e. The highest BCUT2D eigenvalue weighted by atomic mass is 79.9. The van der Waals surface area contributed by atoms with Crippen molar-refractivity contribution in [2.45, 2.75) is 11.3 Å². The zero-order valence-electron chi connectivity index (χ0n) is 10.5. The molecule has 19 heavy (non-hydrogen) atoms. The minimum atomic E-state index is -3.32. The molecule has 0 saturated carbocycles. The van der Waals surface area contributed by atoms with E-state index in [9.17, 15) is 13.2 Å². The fourth-order valence-corrected chi connectivity index (χ4v) is 3.04. The number of carbonyl (C=O) groups is 1. The second kappa shape index (κ2) is 7.02. The van der Waals surface area contributed by atoms with Crippen molar-refractivity contribution in [2.24, 2.45) is 0 Å². The van der Waals surface area contributed by atoms with Crippen molar-refractivity contribution in [2.75, 3.05) is 25.9 Å². The number of aliphatic carboxylic acids is 1. The van der Waals surface area contributed by atoms with Crippen LogP contribution in [0.1, 0.15) is 6.42 Å². The van der Waals surface area contributed by atoms with E-state index in [-0.39, 0.29) is 17.1 Å². The first-order valence-electron chi connectivity index (χ1n) is 5.70. The molecule has 0 saturated heterocycles. The van der Waals surface area contributed by atoms with E-state index in [1.807, 2.05) is 0 Å². The van der Waals surface area contributed by atoms with E-state index in [0.717, 1.165) is 4.47 Å². The van der Waals surface area contributed by atoms with E-state index in [4.69, 9.17) is 5.11 Å².